The fourth-order valence-corrected chi connectivity index (χ4v) is 2.88. The molecule has 0 spiro atoms. The van der Waals surface area contributed by atoms with Crippen LogP contribution >= 0.6 is 11.6 Å². The van der Waals surface area contributed by atoms with Gasteiger partial charge in [-0.2, -0.15) is 0 Å². The van der Waals surface area contributed by atoms with Gasteiger partial charge in [0.05, 0.1) is 11.6 Å². The van der Waals surface area contributed by atoms with E-state index in [1.807, 2.05) is 4.98 Å². The van der Waals surface area contributed by atoms with Crippen molar-refractivity contribution >= 4 is 29.4 Å². The fraction of sp³-hybridized carbons (Fsp3) is 0.278. The molecule has 1 aromatic carbocycles. The number of aromatic amines is 1. The molecule has 144 valence electrons. The summed E-state index contributed by atoms with van der Waals surface area (Å²) in [6, 6.07) is 4.29. The molecule has 0 amide bonds. The van der Waals surface area contributed by atoms with Crippen molar-refractivity contribution in [3.8, 4) is 16.9 Å². The molecule has 0 atom stereocenters. The van der Waals surface area contributed by atoms with E-state index in [0.29, 0.717) is 12.4 Å². The van der Waals surface area contributed by atoms with Crippen LogP contribution in [0.3, 0.4) is 0 Å². The maximum Gasteiger partial charge on any atom is 0.342 e. The summed E-state index contributed by atoms with van der Waals surface area (Å²) in [6.45, 7) is 2.53. The van der Waals surface area contributed by atoms with Crippen LogP contribution in [0.15, 0.2) is 23.0 Å². The Morgan fingerprint density at radius 2 is 1.85 bits per heavy atom. The van der Waals surface area contributed by atoms with Gasteiger partial charge < -0.3 is 25.7 Å². The standard InChI is InChI=1S/C18H19ClN2O6/c1-2-3-4-7-27-11-6-5-9(8-10(11)19)12-13(17(23)24)15(20)21-16(22)14(12)18(25)26/h5-6,8H,2-4,7H2,1H3,(H,23,24)(H,25,26)(H3,20,21,22). The molecular weight excluding hydrogens is 376 g/mol. The zero-order chi connectivity index (χ0) is 20.1. The van der Waals surface area contributed by atoms with Gasteiger partial charge in [0.1, 0.15) is 22.7 Å². The molecule has 0 aliphatic rings. The summed E-state index contributed by atoms with van der Waals surface area (Å²) >= 11 is 6.20. The van der Waals surface area contributed by atoms with Crippen molar-refractivity contribution in [1.29, 1.82) is 0 Å². The minimum absolute atomic E-state index is 0.133. The molecule has 1 heterocycles. The van der Waals surface area contributed by atoms with Crippen molar-refractivity contribution in [1.82, 2.24) is 4.98 Å². The van der Waals surface area contributed by atoms with Crippen molar-refractivity contribution < 1.29 is 24.5 Å². The Bertz CT molecular complexity index is 938. The Hall–Kier alpha value is -3.00. The van der Waals surface area contributed by atoms with E-state index in [-0.39, 0.29) is 16.1 Å². The molecule has 0 saturated heterocycles. The number of nitrogens with two attached hydrogens (primary N) is 1. The number of carbonyl (C=O) groups is 2. The minimum Gasteiger partial charge on any atom is -0.492 e. The van der Waals surface area contributed by atoms with Gasteiger partial charge in [-0.1, -0.05) is 37.4 Å². The number of carboxylic acid groups (broad SMARTS) is 2. The molecule has 0 fully saturated rings. The van der Waals surface area contributed by atoms with Crippen molar-refractivity contribution in [2.24, 2.45) is 0 Å². The SMILES string of the molecule is CCCCCOc1ccc(-c2c(C(=O)O)c(N)[nH]c(=O)c2C(=O)O)cc1Cl. The monoisotopic (exact) mass is 394 g/mol. The summed E-state index contributed by atoms with van der Waals surface area (Å²) in [5.74, 6) is -3.12. The quantitative estimate of drug-likeness (QED) is 0.503. The molecule has 0 bridgehead atoms. The van der Waals surface area contributed by atoms with Gasteiger partial charge >= 0.3 is 11.9 Å². The molecule has 2 aromatic rings. The lowest BCUT2D eigenvalue weighted by atomic mass is 9.95. The summed E-state index contributed by atoms with van der Waals surface area (Å²) in [7, 11) is 0. The number of aromatic nitrogens is 1. The Kier molecular flexibility index (Phi) is 6.46. The number of pyridine rings is 1. The third-order valence-electron chi connectivity index (χ3n) is 3.90. The predicted octanol–water partition coefficient (Wildman–Crippen LogP) is 3.24. The van der Waals surface area contributed by atoms with Gasteiger partial charge in [-0.25, -0.2) is 9.59 Å². The van der Waals surface area contributed by atoms with Gasteiger partial charge in [-0.3, -0.25) is 4.79 Å². The molecule has 27 heavy (non-hydrogen) atoms. The fourth-order valence-electron chi connectivity index (χ4n) is 2.64. The second-order valence-electron chi connectivity index (χ2n) is 5.80. The van der Waals surface area contributed by atoms with E-state index >= 15 is 0 Å². The number of nitrogens with one attached hydrogen (secondary N) is 1. The number of hydrogen-bond donors (Lipinski definition) is 4. The van der Waals surface area contributed by atoms with E-state index in [1.165, 1.54) is 18.2 Å². The molecule has 0 radical (unpaired) electrons. The molecule has 0 saturated carbocycles. The number of ether oxygens (including phenoxy) is 1. The molecule has 0 unspecified atom stereocenters. The van der Waals surface area contributed by atoms with E-state index < -0.39 is 34.4 Å². The molecule has 5 N–H and O–H groups in total. The van der Waals surface area contributed by atoms with Gasteiger partial charge in [0.15, 0.2) is 0 Å². The van der Waals surface area contributed by atoms with Crippen LogP contribution in [0, 0.1) is 0 Å². The van der Waals surface area contributed by atoms with Gasteiger partial charge in [0, 0.05) is 5.56 Å². The van der Waals surface area contributed by atoms with Crippen LogP contribution < -0.4 is 16.0 Å². The first-order valence-electron chi connectivity index (χ1n) is 8.23. The lowest BCUT2D eigenvalue weighted by Crippen LogP contribution is -2.24. The van der Waals surface area contributed by atoms with Crippen molar-refractivity contribution in [3.63, 3.8) is 0 Å². The van der Waals surface area contributed by atoms with Crippen LogP contribution in [0.4, 0.5) is 5.82 Å². The predicted molar refractivity (Wildman–Crippen MR) is 101 cm³/mol. The number of carboxylic acids is 2. The summed E-state index contributed by atoms with van der Waals surface area (Å²) in [5.41, 5.74) is 3.18. The first kappa shape index (κ1) is 20.3. The molecular formula is C18H19ClN2O6. The molecule has 0 aliphatic carbocycles. The van der Waals surface area contributed by atoms with Crippen LogP contribution in [-0.4, -0.2) is 33.7 Å². The van der Waals surface area contributed by atoms with Crippen LogP contribution in [0.2, 0.25) is 5.02 Å². The van der Waals surface area contributed by atoms with E-state index in [2.05, 4.69) is 6.92 Å². The highest BCUT2D eigenvalue weighted by Crippen LogP contribution is 2.34. The van der Waals surface area contributed by atoms with E-state index in [1.54, 1.807) is 0 Å². The maximum atomic E-state index is 12.0. The van der Waals surface area contributed by atoms with Gasteiger partial charge in [-0.15, -0.1) is 0 Å². The third-order valence-corrected chi connectivity index (χ3v) is 4.19. The molecule has 2 rings (SSSR count). The summed E-state index contributed by atoms with van der Waals surface area (Å²) in [5, 5.41) is 19.0. The van der Waals surface area contributed by atoms with Crippen molar-refractivity contribution in [2.75, 3.05) is 12.3 Å². The average Bonchev–Trinajstić information content (AvgIpc) is 2.58. The highest BCUT2D eigenvalue weighted by atomic mass is 35.5. The summed E-state index contributed by atoms with van der Waals surface area (Å²) in [4.78, 5) is 37.2. The first-order chi connectivity index (χ1) is 12.8. The van der Waals surface area contributed by atoms with Crippen LogP contribution in [0.1, 0.15) is 46.9 Å². The number of hydrogen-bond acceptors (Lipinski definition) is 5. The van der Waals surface area contributed by atoms with Crippen molar-refractivity contribution in [3.05, 3.63) is 44.7 Å². The zero-order valence-electron chi connectivity index (χ0n) is 14.5. The molecule has 9 heteroatoms. The summed E-state index contributed by atoms with van der Waals surface area (Å²) < 4.78 is 5.58. The number of aromatic carboxylic acids is 2. The average molecular weight is 395 g/mol. The number of unbranched alkanes of at least 4 members (excludes halogenated alkanes) is 2. The van der Waals surface area contributed by atoms with Crippen molar-refractivity contribution in [2.45, 2.75) is 26.2 Å². The zero-order valence-corrected chi connectivity index (χ0v) is 15.3. The lowest BCUT2D eigenvalue weighted by molar-refractivity contribution is 0.0695. The van der Waals surface area contributed by atoms with E-state index in [0.717, 1.165) is 19.3 Å². The number of anilines is 1. The Morgan fingerprint density at radius 1 is 1.19 bits per heavy atom. The first-order valence-corrected chi connectivity index (χ1v) is 8.60. The number of nitrogen functional groups attached to an aromatic ring is 1. The molecule has 0 aliphatic heterocycles. The largest absolute Gasteiger partial charge is 0.492 e. The Balaban J connectivity index is 2.57. The highest BCUT2D eigenvalue weighted by molar-refractivity contribution is 6.32. The van der Waals surface area contributed by atoms with Gasteiger partial charge in [0.2, 0.25) is 0 Å². The van der Waals surface area contributed by atoms with Crippen LogP contribution in [0.25, 0.3) is 11.1 Å². The van der Waals surface area contributed by atoms with Gasteiger partial charge in [0.25, 0.3) is 5.56 Å². The van der Waals surface area contributed by atoms with Crippen LogP contribution in [0.5, 0.6) is 5.75 Å². The second-order valence-corrected chi connectivity index (χ2v) is 6.21. The smallest absolute Gasteiger partial charge is 0.342 e. The van der Waals surface area contributed by atoms with E-state index in [9.17, 15) is 24.6 Å². The Morgan fingerprint density at radius 3 is 2.41 bits per heavy atom. The molecule has 1 aromatic heterocycles. The summed E-state index contributed by atoms with van der Waals surface area (Å²) in [6.07, 6.45) is 2.90. The van der Waals surface area contributed by atoms with Crippen LogP contribution in [-0.2, 0) is 0 Å². The number of benzene rings is 1. The van der Waals surface area contributed by atoms with Gasteiger partial charge in [-0.05, 0) is 24.1 Å². The van der Waals surface area contributed by atoms with E-state index in [4.69, 9.17) is 22.1 Å². The topological polar surface area (TPSA) is 143 Å². The number of H-pyrrole nitrogens is 1. The normalized spacial score (nSPS) is 10.6. The number of halogens is 1. The minimum atomic E-state index is -1.58. The third kappa shape index (κ3) is 4.40. The molecule has 8 nitrogen and oxygen atoms in total. The highest BCUT2D eigenvalue weighted by Gasteiger charge is 2.26. The maximum absolute atomic E-state index is 12.0. The second kappa shape index (κ2) is 8.59. The lowest BCUT2D eigenvalue weighted by Gasteiger charge is -2.14. The Labute approximate surface area is 159 Å². The number of rotatable bonds is 8.